The summed E-state index contributed by atoms with van der Waals surface area (Å²) in [5, 5.41) is 13.2. The first kappa shape index (κ1) is 24.3. The van der Waals surface area contributed by atoms with Crippen LogP contribution in [0.25, 0.3) is 5.69 Å². The molecule has 2 atom stereocenters. The van der Waals surface area contributed by atoms with E-state index in [0.717, 1.165) is 17.1 Å². The first-order valence-electron chi connectivity index (χ1n) is 10.5. The number of aryl methyl sites for hydroxylation is 2. The molecular weight excluding hydrogens is 442 g/mol. The molecule has 2 unspecified atom stereocenters. The lowest BCUT2D eigenvalue weighted by atomic mass is 10.0. The van der Waals surface area contributed by atoms with E-state index in [2.05, 4.69) is 59.4 Å². The van der Waals surface area contributed by atoms with Crippen molar-refractivity contribution in [2.24, 2.45) is 0 Å². The Labute approximate surface area is 199 Å². The van der Waals surface area contributed by atoms with Gasteiger partial charge in [-0.15, -0.1) is 10.2 Å². The van der Waals surface area contributed by atoms with Crippen LogP contribution in [0.5, 0.6) is 0 Å². The molecule has 0 aliphatic rings. The van der Waals surface area contributed by atoms with Crippen LogP contribution >= 0.6 is 23.4 Å². The van der Waals surface area contributed by atoms with Crippen LogP contribution in [0.4, 0.5) is 0 Å². The predicted molar refractivity (Wildman–Crippen MR) is 132 cm³/mol. The van der Waals surface area contributed by atoms with E-state index in [-0.39, 0.29) is 23.7 Å². The van der Waals surface area contributed by atoms with E-state index < -0.39 is 0 Å². The van der Waals surface area contributed by atoms with Gasteiger partial charge >= 0.3 is 0 Å². The molecule has 3 rings (SSSR count). The largest absolute Gasteiger partial charge is 0.349 e. The summed E-state index contributed by atoms with van der Waals surface area (Å²) in [7, 11) is 4.00. The lowest BCUT2D eigenvalue weighted by molar-refractivity contribution is -0.119. The highest BCUT2D eigenvalue weighted by atomic mass is 35.5. The summed E-state index contributed by atoms with van der Waals surface area (Å²) in [4.78, 5) is 14.8. The van der Waals surface area contributed by atoms with Crippen molar-refractivity contribution in [1.82, 2.24) is 25.0 Å². The van der Waals surface area contributed by atoms with Crippen molar-refractivity contribution in [2.45, 2.75) is 44.9 Å². The highest BCUT2D eigenvalue weighted by molar-refractivity contribution is 7.99. The average Bonchev–Trinajstić information content (AvgIpc) is 3.17. The van der Waals surface area contributed by atoms with Crippen LogP contribution in [0.15, 0.2) is 47.6 Å². The molecule has 170 valence electrons. The third kappa shape index (κ3) is 5.71. The molecule has 0 bridgehead atoms. The fourth-order valence-corrected chi connectivity index (χ4v) is 4.14. The van der Waals surface area contributed by atoms with E-state index in [9.17, 15) is 4.79 Å². The third-order valence-corrected chi connectivity index (χ3v) is 6.81. The van der Waals surface area contributed by atoms with Gasteiger partial charge in [0.25, 0.3) is 0 Å². The van der Waals surface area contributed by atoms with Crippen LogP contribution in [0.3, 0.4) is 0 Å². The lowest BCUT2D eigenvalue weighted by Gasteiger charge is -2.20. The fraction of sp³-hybridized carbons (Fsp3) is 0.375. The van der Waals surface area contributed by atoms with Gasteiger partial charge in [0.1, 0.15) is 0 Å². The molecule has 2 aromatic carbocycles. The van der Waals surface area contributed by atoms with Gasteiger partial charge in [0.05, 0.1) is 17.8 Å². The van der Waals surface area contributed by atoms with E-state index in [1.807, 2.05) is 49.9 Å². The number of benzene rings is 2. The van der Waals surface area contributed by atoms with Gasteiger partial charge in [0, 0.05) is 10.7 Å². The van der Waals surface area contributed by atoms with Gasteiger partial charge in [-0.2, -0.15) is 0 Å². The first-order valence-corrected chi connectivity index (χ1v) is 11.9. The molecule has 0 saturated carbocycles. The number of thioether (sulfide) groups is 1. The number of carbonyl (C=O) groups excluding carboxylic acids is 1. The Morgan fingerprint density at radius 2 is 1.78 bits per heavy atom. The Hall–Kier alpha value is -2.35. The summed E-state index contributed by atoms with van der Waals surface area (Å²) in [5.41, 5.74) is 4.47. The van der Waals surface area contributed by atoms with Crippen molar-refractivity contribution in [1.29, 1.82) is 0 Å². The molecule has 1 N–H and O–H groups in total. The van der Waals surface area contributed by atoms with Gasteiger partial charge in [0.15, 0.2) is 11.0 Å². The van der Waals surface area contributed by atoms with Crippen LogP contribution < -0.4 is 5.32 Å². The van der Waals surface area contributed by atoms with Gasteiger partial charge in [-0.3, -0.25) is 14.3 Å². The summed E-state index contributed by atoms with van der Waals surface area (Å²) in [6.45, 7) is 8.24. The maximum Gasteiger partial charge on any atom is 0.230 e. The number of nitrogens with one attached hydrogen (secondary N) is 1. The molecule has 0 fully saturated rings. The molecule has 0 aliphatic heterocycles. The summed E-state index contributed by atoms with van der Waals surface area (Å²) in [6, 6.07) is 13.8. The Morgan fingerprint density at radius 3 is 2.41 bits per heavy atom. The topological polar surface area (TPSA) is 63.1 Å². The molecule has 3 aromatic rings. The van der Waals surface area contributed by atoms with Crippen molar-refractivity contribution < 1.29 is 4.79 Å². The van der Waals surface area contributed by atoms with Gasteiger partial charge in [-0.1, -0.05) is 41.6 Å². The van der Waals surface area contributed by atoms with Gasteiger partial charge in [-0.05, 0) is 82.7 Å². The van der Waals surface area contributed by atoms with E-state index in [1.165, 1.54) is 22.9 Å². The molecule has 32 heavy (non-hydrogen) atoms. The molecule has 0 spiro atoms. The van der Waals surface area contributed by atoms with Crippen molar-refractivity contribution in [3.8, 4) is 5.69 Å². The highest BCUT2D eigenvalue weighted by Crippen LogP contribution is 2.27. The molecule has 1 aromatic heterocycles. The fourth-order valence-electron chi connectivity index (χ4n) is 3.24. The predicted octanol–water partition coefficient (Wildman–Crippen LogP) is 5.13. The quantitative estimate of drug-likeness (QED) is 0.461. The van der Waals surface area contributed by atoms with Crippen molar-refractivity contribution >= 4 is 29.3 Å². The van der Waals surface area contributed by atoms with Gasteiger partial charge in [0.2, 0.25) is 5.91 Å². The van der Waals surface area contributed by atoms with Gasteiger partial charge in [-0.25, -0.2) is 0 Å². The van der Waals surface area contributed by atoms with Crippen molar-refractivity contribution in [3.05, 3.63) is 70.0 Å². The van der Waals surface area contributed by atoms with Crippen molar-refractivity contribution in [3.63, 3.8) is 0 Å². The summed E-state index contributed by atoms with van der Waals surface area (Å²) in [6.07, 6.45) is 0. The molecule has 6 nitrogen and oxygen atoms in total. The number of hydrogen-bond donors (Lipinski definition) is 1. The summed E-state index contributed by atoms with van der Waals surface area (Å²) in [5.74, 6) is 1.01. The maximum atomic E-state index is 12.7. The van der Waals surface area contributed by atoms with E-state index >= 15 is 0 Å². The Bertz CT molecular complexity index is 1080. The number of nitrogens with zero attached hydrogens (tertiary/aromatic N) is 4. The Kier molecular flexibility index (Phi) is 7.98. The second kappa shape index (κ2) is 10.5. The minimum atomic E-state index is -0.0686. The molecule has 8 heteroatoms. The lowest BCUT2D eigenvalue weighted by Crippen LogP contribution is -2.28. The average molecular weight is 472 g/mol. The number of amides is 1. The van der Waals surface area contributed by atoms with Crippen LogP contribution in [-0.2, 0) is 4.79 Å². The summed E-state index contributed by atoms with van der Waals surface area (Å²) < 4.78 is 1.99. The van der Waals surface area contributed by atoms with E-state index in [4.69, 9.17) is 11.6 Å². The van der Waals surface area contributed by atoms with Gasteiger partial charge < -0.3 is 5.32 Å². The zero-order valence-electron chi connectivity index (χ0n) is 19.4. The number of rotatable bonds is 8. The van der Waals surface area contributed by atoms with E-state index in [0.29, 0.717) is 10.2 Å². The third-order valence-electron chi connectivity index (χ3n) is 5.63. The Morgan fingerprint density at radius 1 is 1.09 bits per heavy atom. The molecule has 0 aliphatic carbocycles. The number of hydrogen-bond acceptors (Lipinski definition) is 5. The number of aromatic nitrogens is 3. The summed E-state index contributed by atoms with van der Waals surface area (Å²) >= 11 is 7.45. The Balaban J connectivity index is 1.75. The molecule has 1 amide bonds. The number of halogens is 1. The second-order valence-electron chi connectivity index (χ2n) is 8.21. The van der Waals surface area contributed by atoms with Crippen LogP contribution in [-0.4, -0.2) is 45.4 Å². The van der Waals surface area contributed by atoms with Crippen LogP contribution in [0.1, 0.15) is 48.4 Å². The molecular formula is C24H30ClN5OS. The molecule has 0 saturated heterocycles. The van der Waals surface area contributed by atoms with Crippen LogP contribution in [0.2, 0.25) is 5.02 Å². The normalized spacial score (nSPS) is 13.2. The minimum Gasteiger partial charge on any atom is -0.349 e. The minimum absolute atomic E-state index is 0.0474. The van der Waals surface area contributed by atoms with Crippen LogP contribution in [0, 0.1) is 13.8 Å². The first-order chi connectivity index (χ1) is 15.2. The van der Waals surface area contributed by atoms with E-state index in [1.54, 1.807) is 0 Å². The standard InChI is InChI=1S/C24H30ClN5OS/c1-15-7-8-19(13-16(15)2)17(3)26-22(31)14-32-24-28-27-23(18(4)29(5)6)30(24)21-11-9-20(25)10-12-21/h7-13,17-18H,14H2,1-6H3,(H,26,31). The zero-order valence-corrected chi connectivity index (χ0v) is 21.0. The smallest absolute Gasteiger partial charge is 0.230 e. The maximum absolute atomic E-state index is 12.7. The zero-order chi connectivity index (χ0) is 23.4. The number of carbonyl (C=O) groups is 1. The molecule has 0 radical (unpaired) electrons. The SMILES string of the molecule is Cc1ccc(C(C)NC(=O)CSc2nnc(C(C)N(C)C)n2-c2ccc(Cl)cc2)cc1C. The van der Waals surface area contributed by atoms with Crippen molar-refractivity contribution in [2.75, 3.05) is 19.8 Å². The second-order valence-corrected chi connectivity index (χ2v) is 9.59. The molecule has 1 heterocycles. The highest BCUT2D eigenvalue weighted by Gasteiger charge is 2.22. The monoisotopic (exact) mass is 471 g/mol.